The predicted molar refractivity (Wildman–Crippen MR) is 133 cm³/mol. The molecular weight excluding hydrogens is 464 g/mol. The molecule has 1 N–H and O–H groups in total. The molecule has 5 atom stereocenters. The molecule has 0 bridgehead atoms. The molecule has 186 valence electrons. The lowest BCUT2D eigenvalue weighted by molar-refractivity contribution is -0.154. The van der Waals surface area contributed by atoms with E-state index in [2.05, 4.69) is 6.08 Å². The molecule has 8 heteroatoms. The SMILES string of the molecule is C[C@]12/C=C\CCCCOC(=O)[C@H]1[C@H]1C(=O)N(CCO)C3C(=O)N(Cc4ccccc4)CC=C[C@@]31S2. The van der Waals surface area contributed by atoms with Gasteiger partial charge in [0.15, 0.2) is 0 Å². The number of hydrogen-bond acceptors (Lipinski definition) is 6. The van der Waals surface area contributed by atoms with Gasteiger partial charge in [0.25, 0.3) is 0 Å². The summed E-state index contributed by atoms with van der Waals surface area (Å²) in [4.78, 5) is 44.7. The van der Waals surface area contributed by atoms with E-state index >= 15 is 0 Å². The molecule has 0 aromatic heterocycles. The molecule has 35 heavy (non-hydrogen) atoms. The second-order valence-corrected chi connectivity index (χ2v) is 11.7. The molecule has 0 aliphatic carbocycles. The van der Waals surface area contributed by atoms with Crippen LogP contribution in [0.3, 0.4) is 0 Å². The van der Waals surface area contributed by atoms with Crippen LogP contribution in [0.1, 0.15) is 31.7 Å². The Bertz CT molecular complexity index is 1060. The van der Waals surface area contributed by atoms with E-state index in [1.165, 1.54) is 16.7 Å². The zero-order valence-corrected chi connectivity index (χ0v) is 20.8. The Morgan fingerprint density at radius 2 is 1.86 bits per heavy atom. The Balaban J connectivity index is 1.58. The van der Waals surface area contributed by atoms with Gasteiger partial charge in [-0.1, -0.05) is 54.6 Å². The van der Waals surface area contributed by atoms with Gasteiger partial charge in [-0.05, 0) is 31.7 Å². The van der Waals surface area contributed by atoms with E-state index in [-0.39, 0.29) is 30.9 Å². The van der Waals surface area contributed by atoms with Crippen molar-refractivity contribution >= 4 is 29.5 Å². The number of aliphatic hydroxyl groups is 1. The molecule has 1 aromatic carbocycles. The highest BCUT2D eigenvalue weighted by Gasteiger charge is 2.73. The smallest absolute Gasteiger partial charge is 0.311 e. The molecule has 0 saturated carbocycles. The lowest BCUT2D eigenvalue weighted by Crippen LogP contribution is -2.53. The van der Waals surface area contributed by atoms with Gasteiger partial charge in [0.05, 0.1) is 29.8 Å². The van der Waals surface area contributed by atoms with E-state index in [9.17, 15) is 19.5 Å². The largest absolute Gasteiger partial charge is 0.465 e. The normalized spacial score (nSPS) is 35.7. The highest BCUT2D eigenvalue weighted by Crippen LogP contribution is 2.65. The van der Waals surface area contributed by atoms with Crippen molar-refractivity contribution in [1.82, 2.24) is 9.80 Å². The van der Waals surface area contributed by atoms with E-state index in [1.807, 2.05) is 55.5 Å². The van der Waals surface area contributed by atoms with Crippen molar-refractivity contribution in [1.29, 1.82) is 0 Å². The van der Waals surface area contributed by atoms with Gasteiger partial charge in [-0.2, -0.15) is 0 Å². The maximum atomic E-state index is 14.1. The van der Waals surface area contributed by atoms with Crippen LogP contribution in [0.5, 0.6) is 0 Å². The Hall–Kier alpha value is -2.58. The summed E-state index contributed by atoms with van der Waals surface area (Å²) in [5, 5.41) is 9.79. The molecular formula is C27H32N2O5S. The van der Waals surface area contributed by atoms with E-state index in [1.54, 1.807) is 4.90 Å². The predicted octanol–water partition coefficient (Wildman–Crippen LogP) is 2.55. The van der Waals surface area contributed by atoms with Crippen molar-refractivity contribution < 1.29 is 24.2 Å². The van der Waals surface area contributed by atoms with Gasteiger partial charge < -0.3 is 19.6 Å². The van der Waals surface area contributed by atoms with Crippen molar-refractivity contribution in [3.05, 3.63) is 60.2 Å². The summed E-state index contributed by atoms with van der Waals surface area (Å²) in [5.41, 5.74) is 1.01. The number of likely N-dealkylation sites (tertiary alicyclic amines) is 1. The molecule has 2 saturated heterocycles. The minimum absolute atomic E-state index is 0.0510. The molecule has 7 nitrogen and oxygen atoms in total. The summed E-state index contributed by atoms with van der Waals surface area (Å²) in [6.45, 7) is 2.96. The Kier molecular flexibility index (Phi) is 6.53. The summed E-state index contributed by atoms with van der Waals surface area (Å²) < 4.78 is 4.06. The first kappa shape index (κ1) is 24.1. The number of hydrogen-bond donors (Lipinski definition) is 1. The van der Waals surface area contributed by atoms with Gasteiger partial charge in [0, 0.05) is 24.4 Å². The molecule has 4 aliphatic heterocycles. The van der Waals surface area contributed by atoms with Crippen LogP contribution in [0.15, 0.2) is 54.6 Å². The number of β-amino-alcohol motifs (C(OH)–C–C–N with tert-alkyl or cyclic N) is 1. The molecule has 0 radical (unpaired) electrons. The number of ether oxygens (including phenoxy) is 1. The van der Waals surface area contributed by atoms with Crippen LogP contribution >= 0.6 is 11.8 Å². The number of carbonyl (C=O) groups is 3. The zero-order valence-electron chi connectivity index (χ0n) is 20.0. The van der Waals surface area contributed by atoms with Crippen LogP contribution < -0.4 is 0 Å². The monoisotopic (exact) mass is 496 g/mol. The third-order valence-electron chi connectivity index (χ3n) is 7.64. The fourth-order valence-corrected chi connectivity index (χ4v) is 8.29. The number of allylic oxidation sites excluding steroid dienone is 1. The number of thioether (sulfide) groups is 1. The number of aliphatic hydroxyl groups excluding tert-OH is 1. The van der Waals surface area contributed by atoms with E-state index < -0.39 is 27.4 Å². The second kappa shape index (κ2) is 9.47. The van der Waals surface area contributed by atoms with Crippen molar-refractivity contribution in [2.45, 2.75) is 48.3 Å². The molecule has 1 spiro atoms. The van der Waals surface area contributed by atoms with Crippen molar-refractivity contribution in [3.63, 3.8) is 0 Å². The topological polar surface area (TPSA) is 87.1 Å². The number of cyclic esters (lactones) is 1. The number of esters is 1. The first-order valence-corrected chi connectivity index (χ1v) is 13.2. The Labute approximate surface area is 210 Å². The van der Waals surface area contributed by atoms with Gasteiger partial charge in [-0.25, -0.2) is 0 Å². The lowest BCUT2D eigenvalue weighted by Gasteiger charge is -2.36. The maximum absolute atomic E-state index is 14.1. The first-order valence-electron chi connectivity index (χ1n) is 12.4. The van der Waals surface area contributed by atoms with Crippen LogP contribution in [0.2, 0.25) is 0 Å². The summed E-state index contributed by atoms with van der Waals surface area (Å²) in [7, 11) is 0. The summed E-state index contributed by atoms with van der Waals surface area (Å²) in [6, 6.07) is 8.98. The summed E-state index contributed by atoms with van der Waals surface area (Å²) in [6.07, 6.45) is 10.7. The summed E-state index contributed by atoms with van der Waals surface area (Å²) >= 11 is 1.53. The van der Waals surface area contributed by atoms with E-state index in [4.69, 9.17) is 4.74 Å². The maximum Gasteiger partial charge on any atom is 0.311 e. The third-order valence-corrected chi connectivity index (χ3v) is 9.44. The van der Waals surface area contributed by atoms with Gasteiger partial charge >= 0.3 is 5.97 Å². The molecule has 1 aromatic rings. The summed E-state index contributed by atoms with van der Waals surface area (Å²) in [5.74, 6) is -2.23. The van der Waals surface area contributed by atoms with Crippen molar-refractivity contribution in [3.8, 4) is 0 Å². The van der Waals surface area contributed by atoms with Crippen molar-refractivity contribution in [2.24, 2.45) is 11.8 Å². The highest BCUT2D eigenvalue weighted by molar-refractivity contribution is 8.02. The van der Waals surface area contributed by atoms with Crippen LogP contribution in [0.4, 0.5) is 0 Å². The van der Waals surface area contributed by atoms with Crippen LogP contribution in [0, 0.1) is 11.8 Å². The number of amides is 2. The van der Waals surface area contributed by atoms with Gasteiger partial charge in [0.1, 0.15) is 6.04 Å². The van der Waals surface area contributed by atoms with Crippen molar-refractivity contribution in [2.75, 3.05) is 26.3 Å². The minimum Gasteiger partial charge on any atom is -0.465 e. The fraction of sp³-hybridized carbons (Fsp3) is 0.519. The van der Waals surface area contributed by atoms with E-state index in [0.29, 0.717) is 19.7 Å². The number of carbonyl (C=O) groups excluding carboxylic acids is 3. The molecule has 2 amide bonds. The van der Waals surface area contributed by atoms with Crippen LogP contribution in [-0.4, -0.2) is 74.5 Å². The Morgan fingerprint density at radius 3 is 2.63 bits per heavy atom. The zero-order chi connectivity index (χ0) is 24.6. The standard InChI is InChI=1S/C27H32N2O5S/c1-26-12-7-2-3-8-17-34-25(33)21(26)20-23(31)29(15-16-30)22-24(32)28(14-9-13-27(20,22)35-26)18-19-10-5-4-6-11-19/h4-7,9-13,20-22,30H,2-3,8,14-18H2,1H3/b12-7-/t20-,21+,22?,26-,27-/m0/s1. The number of fused-ring (bicyclic) bond motifs is 2. The third kappa shape index (κ3) is 4.00. The average Bonchev–Trinajstić information content (AvgIpc) is 3.17. The van der Waals surface area contributed by atoms with Gasteiger partial charge in [-0.15, -0.1) is 11.8 Å². The first-order chi connectivity index (χ1) is 16.9. The molecule has 4 heterocycles. The van der Waals surface area contributed by atoms with E-state index in [0.717, 1.165) is 24.8 Å². The van der Waals surface area contributed by atoms with Gasteiger partial charge in [0.2, 0.25) is 11.8 Å². The number of benzene rings is 1. The van der Waals surface area contributed by atoms with Crippen LogP contribution in [0.25, 0.3) is 0 Å². The average molecular weight is 497 g/mol. The molecule has 2 fully saturated rings. The second-order valence-electron chi connectivity index (χ2n) is 9.92. The molecule has 1 unspecified atom stereocenters. The number of rotatable bonds is 4. The lowest BCUT2D eigenvalue weighted by atomic mass is 9.74. The number of nitrogens with zero attached hydrogens (tertiary/aromatic N) is 2. The van der Waals surface area contributed by atoms with Gasteiger partial charge in [-0.3, -0.25) is 14.4 Å². The Morgan fingerprint density at radius 1 is 1.06 bits per heavy atom. The quantitative estimate of drug-likeness (QED) is 0.509. The molecule has 4 aliphatic rings. The molecule has 5 rings (SSSR count). The highest BCUT2D eigenvalue weighted by atomic mass is 32.2. The minimum atomic E-state index is -0.911. The fourth-order valence-electron chi connectivity index (χ4n) is 6.14. The van der Waals surface area contributed by atoms with Crippen LogP contribution in [-0.2, 0) is 25.7 Å².